The number of para-hydroxylation sites is 1. The number of aromatic nitrogens is 4. The monoisotopic (exact) mass is 220 g/mol. The molecule has 0 aliphatic heterocycles. The van der Waals surface area contributed by atoms with E-state index in [0.29, 0.717) is 5.78 Å². The minimum Gasteiger partial charge on any atom is -0.290 e. The highest BCUT2D eigenvalue weighted by molar-refractivity contribution is 5.91. The van der Waals surface area contributed by atoms with Gasteiger partial charge in [0.05, 0.1) is 5.52 Å². The second kappa shape index (κ2) is 3.01. The Labute approximate surface area is 96.6 Å². The molecule has 0 fully saturated rings. The second-order valence-corrected chi connectivity index (χ2v) is 3.97. The maximum Gasteiger partial charge on any atom is 0.235 e. The lowest BCUT2D eigenvalue weighted by molar-refractivity contribution is 1.13. The third-order valence-corrected chi connectivity index (χ3v) is 2.86. The standard InChI is InChI=1S/C13H8N4/c1-2-4-11-9(3-1)7-10-8-17-6-5-14-13(17)16-12(10)15-11/h1-8H. The quantitative estimate of drug-likeness (QED) is 0.427. The minimum atomic E-state index is 0.681. The van der Waals surface area contributed by atoms with Gasteiger partial charge in [0.2, 0.25) is 5.78 Å². The molecular weight excluding hydrogens is 212 g/mol. The first kappa shape index (κ1) is 8.64. The fourth-order valence-electron chi connectivity index (χ4n) is 2.04. The molecule has 0 atom stereocenters. The maximum absolute atomic E-state index is 4.54. The van der Waals surface area contributed by atoms with Crippen LogP contribution in [0.25, 0.3) is 27.7 Å². The molecule has 0 saturated carbocycles. The van der Waals surface area contributed by atoms with E-state index >= 15 is 0 Å². The van der Waals surface area contributed by atoms with E-state index in [1.807, 2.05) is 35.0 Å². The second-order valence-electron chi connectivity index (χ2n) is 3.97. The van der Waals surface area contributed by atoms with E-state index < -0.39 is 0 Å². The molecule has 0 N–H and O–H groups in total. The summed E-state index contributed by atoms with van der Waals surface area (Å²) in [5.41, 5.74) is 1.70. The largest absolute Gasteiger partial charge is 0.290 e. The summed E-state index contributed by atoms with van der Waals surface area (Å²) in [4.78, 5) is 13.1. The predicted octanol–water partition coefficient (Wildman–Crippen LogP) is 2.43. The van der Waals surface area contributed by atoms with Crippen LogP contribution in [0, 0.1) is 0 Å². The number of pyridine rings is 1. The summed E-state index contributed by atoms with van der Waals surface area (Å²) in [6.45, 7) is 0. The van der Waals surface area contributed by atoms with Gasteiger partial charge < -0.3 is 0 Å². The normalized spacial score (nSPS) is 11.5. The molecule has 4 rings (SSSR count). The van der Waals surface area contributed by atoms with Crippen LogP contribution in [0.2, 0.25) is 0 Å². The predicted molar refractivity (Wildman–Crippen MR) is 65.8 cm³/mol. The topological polar surface area (TPSA) is 43.1 Å². The lowest BCUT2D eigenvalue weighted by Gasteiger charge is -2.01. The average Bonchev–Trinajstić information content (AvgIpc) is 2.80. The van der Waals surface area contributed by atoms with Crippen LogP contribution in [0.15, 0.2) is 48.9 Å². The molecule has 0 radical (unpaired) electrons. The highest BCUT2D eigenvalue weighted by Gasteiger charge is 2.03. The molecule has 4 heteroatoms. The first-order chi connectivity index (χ1) is 8.40. The number of rotatable bonds is 0. The molecule has 4 nitrogen and oxygen atoms in total. The van der Waals surface area contributed by atoms with Crippen LogP contribution < -0.4 is 0 Å². The van der Waals surface area contributed by atoms with Crippen LogP contribution >= 0.6 is 0 Å². The van der Waals surface area contributed by atoms with Crippen molar-refractivity contribution in [3.63, 3.8) is 0 Å². The Bertz CT molecular complexity index is 779. The molecule has 0 aliphatic carbocycles. The fourth-order valence-corrected chi connectivity index (χ4v) is 2.04. The van der Waals surface area contributed by atoms with Gasteiger partial charge in [-0.25, -0.2) is 9.97 Å². The van der Waals surface area contributed by atoms with E-state index in [1.165, 1.54) is 0 Å². The van der Waals surface area contributed by atoms with Gasteiger partial charge in [0.25, 0.3) is 0 Å². The summed E-state index contributed by atoms with van der Waals surface area (Å²) in [7, 11) is 0. The van der Waals surface area contributed by atoms with Crippen LogP contribution in [-0.2, 0) is 0 Å². The Morgan fingerprint density at radius 3 is 2.94 bits per heavy atom. The first-order valence-corrected chi connectivity index (χ1v) is 5.39. The van der Waals surface area contributed by atoms with Gasteiger partial charge in [-0.1, -0.05) is 18.2 Å². The molecule has 0 saturated heterocycles. The van der Waals surface area contributed by atoms with Crippen molar-refractivity contribution in [2.75, 3.05) is 0 Å². The Hall–Kier alpha value is -2.49. The van der Waals surface area contributed by atoms with E-state index in [9.17, 15) is 0 Å². The SMILES string of the molecule is c1ccc2nc3nc4nccn4cc3cc2c1. The average molecular weight is 220 g/mol. The number of hydrogen-bond donors (Lipinski definition) is 0. The van der Waals surface area contributed by atoms with Crippen LogP contribution in [0.4, 0.5) is 0 Å². The highest BCUT2D eigenvalue weighted by atomic mass is 15.1. The summed E-state index contributed by atoms with van der Waals surface area (Å²) < 4.78 is 1.90. The zero-order valence-electron chi connectivity index (χ0n) is 8.91. The van der Waals surface area contributed by atoms with E-state index in [2.05, 4.69) is 27.1 Å². The molecular formula is C13H8N4. The first-order valence-electron chi connectivity index (χ1n) is 5.39. The Morgan fingerprint density at radius 2 is 1.94 bits per heavy atom. The Morgan fingerprint density at radius 1 is 1.00 bits per heavy atom. The van der Waals surface area contributed by atoms with Crippen molar-refractivity contribution in [1.29, 1.82) is 0 Å². The molecule has 0 unspecified atom stereocenters. The van der Waals surface area contributed by atoms with Crippen LogP contribution in [0.1, 0.15) is 0 Å². The minimum absolute atomic E-state index is 0.681. The maximum atomic E-state index is 4.54. The van der Waals surface area contributed by atoms with E-state index in [4.69, 9.17) is 0 Å². The number of fused-ring (bicyclic) bond motifs is 3. The summed E-state index contributed by atoms with van der Waals surface area (Å²) in [5.74, 6) is 0.681. The van der Waals surface area contributed by atoms with E-state index in [0.717, 1.165) is 21.9 Å². The molecule has 3 aromatic heterocycles. The molecule has 3 heterocycles. The molecule has 1 aromatic carbocycles. The Balaban J connectivity index is 2.23. The van der Waals surface area contributed by atoms with Crippen molar-refractivity contribution >= 4 is 27.7 Å². The van der Waals surface area contributed by atoms with Crippen molar-refractivity contribution in [3.8, 4) is 0 Å². The third kappa shape index (κ3) is 1.21. The van der Waals surface area contributed by atoms with Crippen LogP contribution in [0.5, 0.6) is 0 Å². The highest BCUT2D eigenvalue weighted by Crippen LogP contribution is 2.18. The molecule has 0 amide bonds. The third-order valence-electron chi connectivity index (χ3n) is 2.86. The van der Waals surface area contributed by atoms with Crippen molar-refractivity contribution in [1.82, 2.24) is 19.4 Å². The van der Waals surface area contributed by atoms with E-state index in [1.54, 1.807) is 6.20 Å². The molecule has 4 aromatic rings. The molecule has 17 heavy (non-hydrogen) atoms. The summed E-state index contributed by atoms with van der Waals surface area (Å²) in [6, 6.07) is 10.1. The van der Waals surface area contributed by atoms with Gasteiger partial charge in [-0.2, -0.15) is 4.98 Å². The number of benzene rings is 1. The lowest BCUT2D eigenvalue weighted by Crippen LogP contribution is -1.92. The van der Waals surface area contributed by atoms with Crippen LogP contribution in [0.3, 0.4) is 0 Å². The molecule has 80 valence electrons. The van der Waals surface area contributed by atoms with Gasteiger partial charge in [-0.05, 0) is 12.1 Å². The molecule has 0 aliphatic rings. The number of imidazole rings is 1. The van der Waals surface area contributed by atoms with Gasteiger partial charge in [0.15, 0.2) is 5.65 Å². The fraction of sp³-hybridized carbons (Fsp3) is 0. The van der Waals surface area contributed by atoms with Gasteiger partial charge >= 0.3 is 0 Å². The summed E-state index contributed by atoms with van der Waals surface area (Å²) >= 11 is 0. The van der Waals surface area contributed by atoms with Crippen molar-refractivity contribution in [2.45, 2.75) is 0 Å². The van der Waals surface area contributed by atoms with Gasteiger partial charge in [0.1, 0.15) is 0 Å². The zero-order chi connectivity index (χ0) is 11.2. The van der Waals surface area contributed by atoms with Gasteiger partial charge in [-0.15, -0.1) is 0 Å². The van der Waals surface area contributed by atoms with Crippen molar-refractivity contribution in [3.05, 3.63) is 48.9 Å². The molecule has 0 bridgehead atoms. The molecule has 0 spiro atoms. The smallest absolute Gasteiger partial charge is 0.235 e. The lowest BCUT2D eigenvalue weighted by atomic mass is 10.2. The number of hydrogen-bond acceptors (Lipinski definition) is 3. The van der Waals surface area contributed by atoms with E-state index in [-0.39, 0.29) is 0 Å². The Kier molecular flexibility index (Phi) is 1.53. The summed E-state index contributed by atoms with van der Waals surface area (Å²) in [5, 5.41) is 2.15. The van der Waals surface area contributed by atoms with Gasteiger partial charge in [0, 0.05) is 29.4 Å². The van der Waals surface area contributed by atoms with Gasteiger partial charge in [-0.3, -0.25) is 4.40 Å². The summed E-state index contributed by atoms with van der Waals surface area (Å²) in [6.07, 6.45) is 5.63. The number of nitrogens with zero attached hydrogens (tertiary/aromatic N) is 4. The van der Waals surface area contributed by atoms with Crippen molar-refractivity contribution in [2.24, 2.45) is 0 Å². The zero-order valence-corrected chi connectivity index (χ0v) is 8.91. The van der Waals surface area contributed by atoms with Crippen molar-refractivity contribution < 1.29 is 0 Å². The van der Waals surface area contributed by atoms with Crippen LogP contribution in [-0.4, -0.2) is 19.4 Å².